The molecule has 0 fully saturated rings. The monoisotopic (exact) mass is 261 g/mol. The SMILES string of the molecule is CN(CC#N)S(=O)(=O)c1ccc([N+](=O)[O-])s1. The molecular weight excluding hydrogens is 254 g/mol. The van der Waals surface area contributed by atoms with E-state index < -0.39 is 14.9 Å². The van der Waals surface area contributed by atoms with Gasteiger partial charge in [-0.3, -0.25) is 10.1 Å². The lowest BCUT2D eigenvalue weighted by Gasteiger charge is -2.10. The third-order valence-electron chi connectivity index (χ3n) is 1.71. The molecule has 0 spiro atoms. The van der Waals surface area contributed by atoms with Crippen LogP contribution in [0.2, 0.25) is 0 Å². The van der Waals surface area contributed by atoms with Crippen molar-refractivity contribution in [2.24, 2.45) is 0 Å². The summed E-state index contributed by atoms with van der Waals surface area (Å²) in [5.41, 5.74) is 0. The van der Waals surface area contributed by atoms with Gasteiger partial charge in [0.2, 0.25) is 0 Å². The third-order valence-corrected chi connectivity index (χ3v) is 5.01. The maximum absolute atomic E-state index is 11.7. The highest BCUT2D eigenvalue weighted by atomic mass is 32.2. The zero-order valence-electron chi connectivity index (χ0n) is 8.15. The standard InChI is InChI=1S/C7H7N3O4S2/c1-9(5-4-8)16(13,14)7-3-2-6(15-7)10(11)12/h2-3H,5H2,1H3. The highest BCUT2D eigenvalue weighted by Gasteiger charge is 2.25. The minimum Gasteiger partial charge on any atom is -0.258 e. The summed E-state index contributed by atoms with van der Waals surface area (Å²) in [5, 5.41) is 18.5. The van der Waals surface area contributed by atoms with Crippen molar-refractivity contribution in [3.05, 3.63) is 22.2 Å². The summed E-state index contributed by atoms with van der Waals surface area (Å²) in [4.78, 5) is 9.73. The van der Waals surface area contributed by atoms with Crippen LogP contribution in [0.1, 0.15) is 0 Å². The normalized spacial score (nSPS) is 11.3. The first-order valence-electron chi connectivity index (χ1n) is 3.97. The van der Waals surface area contributed by atoms with Gasteiger partial charge in [0, 0.05) is 13.1 Å². The average Bonchev–Trinajstić information content (AvgIpc) is 2.67. The summed E-state index contributed by atoms with van der Waals surface area (Å²) in [6, 6.07) is 3.97. The second-order valence-corrected chi connectivity index (χ2v) is 6.10. The molecule has 0 amide bonds. The minimum atomic E-state index is -3.79. The number of hydrogen-bond acceptors (Lipinski definition) is 6. The first-order chi connectivity index (χ1) is 7.39. The van der Waals surface area contributed by atoms with Crippen molar-refractivity contribution in [2.45, 2.75) is 4.21 Å². The molecule has 0 aliphatic rings. The second kappa shape index (κ2) is 4.56. The molecule has 0 aromatic carbocycles. The van der Waals surface area contributed by atoms with Crippen molar-refractivity contribution >= 4 is 26.4 Å². The van der Waals surface area contributed by atoms with E-state index >= 15 is 0 Å². The first kappa shape index (κ1) is 12.6. The third kappa shape index (κ3) is 2.35. The van der Waals surface area contributed by atoms with E-state index in [9.17, 15) is 18.5 Å². The van der Waals surface area contributed by atoms with Gasteiger partial charge >= 0.3 is 5.00 Å². The van der Waals surface area contributed by atoms with Gasteiger partial charge in [-0.1, -0.05) is 0 Å². The fourth-order valence-corrected chi connectivity index (χ4v) is 3.27. The summed E-state index contributed by atoms with van der Waals surface area (Å²) in [6.45, 7) is -0.298. The van der Waals surface area contributed by atoms with Crippen LogP contribution in [0.25, 0.3) is 0 Å². The smallest absolute Gasteiger partial charge is 0.258 e. The Labute approximate surface area is 95.7 Å². The van der Waals surface area contributed by atoms with Crippen molar-refractivity contribution in [3.8, 4) is 6.07 Å². The minimum absolute atomic E-state index is 0.142. The van der Waals surface area contributed by atoms with Crippen LogP contribution in [0.4, 0.5) is 5.00 Å². The quantitative estimate of drug-likeness (QED) is 0.453. The van der Waals surface area contributed by atoms with Gasteiger partial charge in [-0.05, 0) is 17.4 Å². The van der Waals surface area contributed by atoms with Crippen LogP contribution in [0.15, 0.2) is 16.3 Å². The van der Waals surface area contributed by atoms with Crippen LogP contribution in [0.3, 0.4) is 0 Å². The van der Waals surface area contributed by atoms with E-state index in [1.54, 1.807) is 6.07 Å². The molecule has 0 N–H and O–H groups in total. The van der Waals surface area contributed by atoms with Gasteiger partial charge in [0.15, 0.2) is 0 Å². The predicted molar refractivity (Wildman–Crippen MR) is 56.4 cm³/mol. The van der Waals surface area contributed by atoms with Gasteiger partial charge in [0.1, 0.15) is 10.8 Å². The molecule has 86 valence electrons. The lowest BCUT2D eigenvalue weighted by Crippen LogP contribution is -2.26. The Kier molecular flexibility index (Phi) is 3.58. The van der Waals surface area contributed by atoms with Gasteiger partial charge in [-0.2, -0.15) is 9.57 Å². The van der Waals surface area contributed by atoms with Crippen molar-refractivity contribution in [1.82, 2.24) is 4.31 Å². The molecule has 0 saturated carbocycles. The summed E-state index contributed by atoms with van der Waals surface area (Å²) in [6.07, 6.45) is 0. The molecule has 1 aromatic rings. The van der Waals surface area contributed by atoms with E-state index in [0.717, 1.165) is 16.4 Å². The van der Waals surface area contributed by atoms with Gasteiger partial charge in [0.05, 0.1) is 11.0 Å². The van der Waals surface area contributed by atoms with Crippen LogP contribution in [0.5, 0.6) is 0 Å². The van der Waals surface area contributed by atoms with Crippen LogP contribution >= 0.6 is 11.3 Å². The Morgan fingerprint density at radius 2 is 2.25 bits per heavy atom. The Bertz CT molecular complexity index is 542. The van der Waals surface area contributed by atoms with Gasteiger partial charge in [0.25, 0.3) is 10.0 Å². The molecule has 0 aliphatic heterocycles. The summed E-state index contributed by atoms with van der Waals surface area (Å²) in [5.74, 6) is 0. The van der Waals surface area contributed by atoms with Crippen LogP contribution in [-0.4, -0.2) is 31.2 Å². The molecular formula is C7H7N3O4S2. The highest BCUT2D eigenvalue weighted by Crippen LogP contribution is 2.29. The van der Waals surface area contributed by atoms with Gasteiger partial charge in [-0.15, -0.1) is 0 Å². The molecule has 0 aliphatic carbocycles. The van der Waals surface area contributed by atoms with E-state index in [1.165, 1.54) is 7.05 Å². The fourth-order valence-electron chi connectivity index (χ4n) is 0.885. The summed E-state index contributed by atoms with van der Waals surface area (Å²) >= 11 is 0.564. The second-order valence-electron chi connectivity index (χ2n) is 2.77. The molecule has 7 nitrogen and oxygen atoms in total. The van der Waals surface area contributed by atoms with E-state index in [1.807, 2.05) is 0 Å². The zero-order chi connectivity index (χ0) is 12.3. The van der Waals surface area contributed by atoms with Crippen molar-refractivity contribution < 1.29 is 13.3 Å². The van der Waals surface area contributed by atoms with E-state index in [0.29, 0.717) is 11.3 Å². The molecule has 1 heterocycles. The lowest BCUT2D eigenvalue weighted by atomic mass is 10.6. The number of hydrogen-bond donors (Lipinski definition) is 0. The molecule has 0 radical (unpaired) electrons. The van der Waals surface area contributed by atoms with Crippen molar-refractivity contribution in [3.63, 3.8) is 0 Å². The van der Waals surface area contributed by atoms with E-state index in [4.69, 9.17) is 5.26 Å². The fraction of sp³-hybridized carbons (Fsp3) is 0.286. The van der Waals surface area contributed by atoms with Crippen LogP contribution in [0, 0.1) is 21.4 Å². The predicted octanol–water partition coefficient (Wildman–Crippen LogP) is 0.800. The largest absolute Gasteiger partial charge is 0.325 e. The molecule has 1 rings (SSSR count). The number of sulfonamides is 1. The molecule has 0 unspecified atom stereocenters. The number of rotatable bonds is 4. The molecule has 1 aromatic heterocycles. The van der Waals surface area contributed by atoms with Gasteiger partial charge < -0.3 is 0 Å². The maximum atomic E-state index is 11.7. The molecule has 9 heteroatoms. The average molecular weight is 261 g/mol. The Morgan fingerprint density at radius 1 is 1.62 bits per heavy atom. The number of nitro groups is 1. The first-order valence-corrected chi connectivity index (χ1v) is 6.22. The summed E-state index contributed by atoms with van der Waals surface area (Å²) < 4.78 is 24.1. The zero-order valence-corrected chi connectivity index (χ0v) is 9.79. The molecule has 0 bridgehead atoms. The number of thiophene rings is 1. The van der Waals surface area contributed by atoms with Crippen LogP contribution in [-0.2, 0) is 10.0 Å². The highest BCUT2D eigenvalue weighted by molar-refractivity contribution is 7.91. The van der Waals surface area contributed by atoms with Crippen molar-refractivity contribution in [1.29, 1.82) is 5.26 Å². The molecule has 0 saturated heterocycles. The maximum Gasteiger partial charge on any atom is 0.325 e. The van der Waals surface area contributed by atoms with Gasteiger partial charge in [-0.25, -0.2) is 8.42 Å². The van der Waals surface area contributed by atoms with Crippen LogP contribution < -0.4 is 0 Å². The lowest BCUT2D eigenvalue weighted by molar-refractivity contribution is -0.380. The Hall–Kier alpha value is -1.50. The van der Waals surface area contributed by atoms with Crippen molar-refractivity contribution in [2.75, 3.05) is 13.6 Å². The molecule has 16 heavy (non-hydrogen) atoms. The Morgan fingerprint density at radius 3 is 2.69 bits per heavy atom. The molecule has 0 atom stereocenters. The topological polar surface area (TPSA) is 104 Å². The number of nitrogens with zero attached hydrogens (tertiary/aromatic N) is 3. The number of nitriles is 1. The van der Waals surface area contributed by atoms with E-state index in [-0.39, 0.29) is 15.8 Å². The summed E-state index contributed by atoms with van der Waals surface area (Å²) in [7, 11) is -2.55. The van der Waals surface area contributed by atoms with E-state index in [2.05, 4.69) is 0 Å². The Balaban J connectivity index is 3.09.